The Morgan fingerprint density at radius 2 is 1.90 bits per heavy atom. The predicted molar refractivity (Wildman–Crippen MR) is 110 cm³/mol. The van der Waals surface area contributed by atoms with Gasteiger partial charge in [0.1, 0.15) is 5.75 Å². The Bertz CT molecular complexity index is 876. The number of carbonyl (C=O) groups is 2. The minimum Gasteiger partial charge on any atom is -0.496 e. The Morgan fingerprint density at radius 1 is 1.17 bits per heavy atom. The Balaban J connectivity index is 1.24. The van der Waals surface area contributed by atoms with E-state index in [4.69, 9.17) is 4.74 Å². The summed E-state index contributed by atoms with van der Waals surface area (Å²) in [4.78, 5) is 30.9. The van der Waals surface area contributed by atoms with Crippen LogP contribution in [0, 0.1) is 5.41 Å². The summed E-state index contributed by atoms with van der Waals surface area (Å²) in [5, 5.41) is 3.15. The van der Waals surface area contributed by atoms with Crippen LogP contribution in [-0.2, 0) is 11.2 Å². The topological polar surface area (TPSA) is 71.5 Å². The number of pyridine rings is 1. The van der Waals surface area contributed by atoms with Crippen LogP contribution < -0.4 is 10.1 Å². The summed E-state index contributed by atoms with van der Waals surface area (Å²) >= 11 is 0. The van der Waals surface area contributed by atoms with Crippen LogP contribution in [0.4, 0.5) is 0 Å². The van der Waals surface area contributed by atoms with Crippen LogP contribution in [0.2, 0.25) is 0 Å². The van der Waals surface area contributed by atoms with Gasteiger partial charge in [0.2, 0.25) is 5.91 Å². The maximum absolute atomic E-state index is 12.7. The highest BCUT2D eigenvalue weighted by atomic mass is 16.5. The molecule has 1 saturated carbocycles. The number of methoxy groups -OCH3 is 1. The van der Waals surface area contributed by atoms with E-state index < -0.39 is 0 Å². The number of hydrogen-bond donors (Lipinski definition) is 1. The Kier molecular flexibility index (Phi) is 5.51. The Labute approximate surface area is 171 Å². The van der Waals surface area contributed by atoms with Crippen molar-refractivity contribution in [2.24, 2.45) is 5.41 Å². The molecule has 0 bridgehead atoms. The van der Waals surface area contributed by atoms with Crippen LogP contribution >= 0.6 is 0 Å². The standard InChI is InChI=1S/C23H27N3O3/c1-29-19-5-3-2-4-17(19)6-7-21(27)26-14-10-23(11-15-26)16-20(23)25-22(28)18-8-12-24-13-9-18/h2-5,8-9,12-13,20H,6-7,10-11,14-16H2,1H3,(H,25,28). The summed E-state index contributed by atoms with van der Waals surface area (Å²) in [6, 6.07) is 11.5. The van der Waals surface area contributed by atoms with Gasteiger partial charge in [-0.3, -0.25) is 14.6 Å². The number of benzene rings is 1. The van der Waals surface area contributed by atoms with Crippen molar-refractivity contribution >= 4 is 11.8 Å². The van der Waals surface area contributed by atoms with Gasteiger partial charge in [0.25, 0.3) is 5.91 Å². The molecule has 2 amide bonds. The quantitative estimate of drug-likeness (QED) is 0.819. The fraction of sp³-hybridized carbons (Fsp3) is 0.435. The van der Waals surface area contributed by atoms with E-state index in [1.165, 1.54) is 0 Å². The van der Waals surface area contributed by atoms with Crippen molar-refractivity contribution in [3.8, 4) is 5.75 Å². The van der Waals surface area contributed by atoms with Crippen LogP contribution in [0.15, 0.2) is 48.8 Å². The van der Waals surface area contributed by atoms with Gasteiger partial charge >= 0.3 is 0 Å². The summed E-state index contributed by atoms with van der Waals surface area (Å²) in [6.45, 7) is 1.54. The molecule has 1 aliphatic carbocycles. The molecule has 6 nitrogen and oxygen atoms in total. The minimum absolute atomic E-state index is 0.0374. The van der Waals surface area contributed by atoms with E-state index in [0.29, 0.717) is 18.4 Å². The largest absolute Gasteiger partial charge is 0.496 e. The highest BCUT2D eigenvalue weighted by Crippen LogP contribution is 2.54. The van der Waals surface area contributed by atoms with E-state index in [2.05, 4.69) is 10.3 Å². The zero-order valence-electron chi connectivity index (χ0n) is 16.8. The van der Waals surface area contributed by atoms with Crippen molar-refractivity contribution < 1.29 is 14.3 Å². The van der Waals surface area contributed by atoms with Crippen molar-refractivity contribution in [3.63, 3.8) is 0 Å². The third kappa shape index (κ3) is 4.26. The molecule has 1 aromatic heterocycles. The molecule has 4 rings (SSSR count). The van der Waals surface area contributed by atoms with Crippen molar-refractivity contribution in [3.05, 3.63) is 59.9 Å². The number of rotatable bonds is 6. The lowest BCUT2D eigenvalue weighted by molar-refractivity contribution is -0.132. The number of hydrogen-bond acceptors (Lipinski definition) is 4. The molecule has 2 heterocycles. The maximum Gasteiger partial charge on any atom is 0.251 e. The van der Waals surface area contributed by atoms with Crippen LogP contribution in [0.5, 0.6) is 5.75 Å². The zero-order valence-corrected chi connectivity index (χ0v) is 16.8. The van der Waals surface area contributed by atoms with Crippen molar-refractivity contribution in [1.29, 1.82) is 0 Å². The molecular formula is C23H27N3O3. The average Bonchev–Trinajstić information content (AvgIpc) is 3.43. The van der Waals surface area contributed by atoms with E-state index in [0.717, 1.165) is 43.7 Å². The van der Waals surface area contributed by atoms with Crippen molar-refractivity contribution in [1.82, 2.24) is 15.2 Å². The third-order valence-electron chi connectivity index (χ3n) is 6.35. The molecule has 2 fully saturated rings. The zero-order chi connectivity index (χ0) is 20.3. The van der Waals surface area contributed by atoms with E-state index >= 15 is 0 Å². The molecule has 6 heteroatoms. The predicted octanol–water partition coefficient (Wildman–Crippen LogP) is 2.83. The van der Waals surface area contributed by atoms with Crippen LogP contribution in [-0.4, -0.2) is 47.9 Å². The fourth-order valence-corrected chi connectivity index (χ4v) is 4.36. The summed E-state index contributed by atoms with van der Waals surface area (Å²) in [7, 11) is 1.66. The monoisotopic (exact) mass is 393 g/mol. The summed E-state index contributed by atoms with van der Waals surface area (Å²) in [6.07, 6.45) is 7.36. The SMILES string of the molecule is COc1ccccc1CCC(=O)N1CCC2(CC1)CC2NC(=O)c1ccncc1. The van der Waals surface area contributed by atoms with Crippen LogP contribution in [0.1, 0.15) is 41.6 Å². The summed E-state index contributed by atoms with van der Waals surface area (Å²) < 4.78 is 5.37. The van der Waals surface area contributed by atoms with E-state index in [-0.39, 0.29) is 23.3 Å². The molecule has 1 spiro atoms. The summed E-state index contributed by atoms with van der Waals surface area (Å²) in [5.41, 5.74) is 1.88. The lowest BCUT2D eigenvalue weighted by Gasteiger charge is -2.33. The molecule has 1 N–H and O–H groups in total. The molecular weight excluding hydrogens is 366 g/mol. The lowest BCUT2D eigenvalue weighted by atomic mass is 9.92. The van der Waals surface area contributed by atoms with Gasteiger partial charge in [-0.15, -0.1) is 0 Å². The summed E-state index contributed by atoms with van der Waals surface area (Å²) in [5.74, 6) is 0.997. The number of aryl methyl sites for hydroxylation is 1. The molecule has 2 aromatic rings. The van der Waals surface area contributed by atoms with Gasteiger partial charge in [-0.2, -0.15) is 0 Å². The number of ether oxygens (including phenoxy) is 1. The number of para-hydroxylation sites is 1. The molecule has 1 saturated heterocycles. The van der Waals surface area contributed by atoms with Crippen LogP contribution in [0.3, 0.4) is 0 Å². The number of likely N-dealkylation sites (tertiary alicyclic amines) is 1. The first kappa shape index (κ1) is 19.4. The van der Waals surface area contributed by atoms with Gasteiger partial charge in [0.05, 0.1) is 7.11 Å². The molecule has 2 aliphatic rings. The van der Waals surface area contributed by atoms with E-state index in [9.17, 15) is 9.59 Å². The number of carbonyl (C=O) groups excluding carboxylic acids is 2. The van der Waals surface area contributed by atoms with Gasteiger partial charge in [0, 0.05) is 43.5 Å². The van der Waals surface area contributed by atoms with Crippen molar-refractivity contribution in [2.75, 3.05) is 20.2 Å². The maximum atomic E-state index is 12.7. The highest BCUT2D eigenvalue weighted by Gasteiger charge is 2.55. The second-order valence-electron chi connectivity index (χ2n) is 8.02. The fourth-order valence-electron chi connectivity index (χ4n) is 4.36. The van der Waals surface area contributed by atoms with Crippen LogP contribution in [0.25, 0.3) is 0 Å². The lowest BCUT2D eigenvalue weighted by Crippen LogP contribution is -2.41. The van der Waals surface area contributed by atoms with Gasteiger partial charge < -0.3 is 15.0 Å². The highest BCUT2D eigenvalue weighted by molar-refractivity contribution is 5.94. The van der Waals surface area contributed by atoms with Gasteiger partial charge in [0.15, 0.2) is 0 Å². The molecule has 1 aliphatic heterocycles. The number of amides is 2. The van der Waals surface area contributed by atoms with E-state index in [1.54, 1.807) is 31.6 Å². The number of aromatic nitrogens is 1. The molecule has 1 aromatic carbocycles. The second kappa shape index (κ2) is 8.23. The number of piperidine rings is 1. The minimum atomic E-state index is -0.0374. The normalized spacial score (nSPS) is 19.6. The molecule has 1 atom stereocenters. The first-order valence-electron chi connectivity index (χ1n) is 10.2. The van der Waals surface area contributed by atoms with E-state index in [1.807, 2.05) is 29.2 Å². The third-order valence-corrected chi connectivity index (χ3v) is 6.35. The number of nitrogens with zero attached hydrogens (tertiary/aromatic N) is 2. The Morgan fingerprint density at radius 3 is 2.62 bits per heavy atom. The second-order valence-corrected chi connectivity index (χ2v) is 8.02. The molecule has 29 heavy (non-hydrogen) atoms. The molecule has 0 radical (unpaired) electrons. The Hall–Kier alpha value is -2.89. The van der Waals surface area contributed by atoms with Gasteiger partial charge in [-0.05, 0) is 54.9 Å². The smallest absolute Gasteiger partial charge is 0.251 e. The first-order chi connectivity index (χ1) is 14.1. The number of nitrogens with one attached hydrogen (secondary N) is 1. The first-order valence-corrected chi connectivity index (χ1v) is 10.2. The van der Waals surface area contributed by atoms with Gasteiger partial charge in [-0.1, -0.05) is 18.2 Å². The molecule has 1 unspecified atom stereocenters. The molecule has 152 valence electrons. The van der Waals surface area contributed by atoms with Crippen molar-refractivity contribution in [2.45, 2.75) is 38.1 Å². The average molecular weight is 393 g/mol. The van der Waals surface area contributed by atoms with Gasteiger partial charge in [-0.25, -0.2) is 0 Å².